The monoisotopic (exact) mass is 338 g/mol. The fourth-order valence-electron chi connectivity index (χ4n) is 3.46. The summed E-state index contributed by atoms with van der Waals surface area (Å²) in [6.45, 7) is 5.82. The number of carbonyl (C=O) groups is 2. The van der Waals surface area contributed by atoms with Crippen LogP contribution in [0.1, 0.15) is 58.3 Å². The average Bonchev–Trinajstić information content (AvgIpc) is 3.39. The Morgan fingerprint density at radius 2 is 1.79 bits per heavy atom. The van der Waals surface area contributed by atoms with Crippen LogP contribution >= 0.6 is 0 Å². The zero-order valence-corrected chi connectivity index (χ0v) is 14.9. The molecule has 0 bridgehead atoms. The molecule has 0 amide bonds. The first kappa shape index (κ1) is 19.0. The minimum Gasteiger partial charge on any atom is -0.469 e. The molecule has 0 aromatic rings. The Morgan fingerprint density at radius 3 is 2.38 bits per heavy atom. The summed E-state index contributed by atoms with van der Waals surface area (Å²) in [7, 11) is 1.45. The maximum Gasteiger partial charge on any atom is 0.333 e. The van der Waals surface area contributed by atoms with Gasteiger partial charge in [-0.1, -0.05) is 25.8 Å². The number of methoxy groups -OCH3 is 1. The second kappa shape index (κ2) is 9.21. The van der Waals surface area contributed by atoms with E-state index in [4.69, 9.17) is 9.47 Å². The lowest BCUT2D eigenvalue weighted by molar-refractivity contribution is -0.146. The first-order chi connectivity index (χ1) is 11.5. The van der Waals surface area contributed by atoms with Crippen LogP contribution in [0.25, 0.3) is 0 Å². The van der Waals surface area contributed by atoms with E-state index in [0.29, 0.717) is 30.3 Å². The van der Waals surface area contributed by atoms with Crippen molar-refractivity contribution < 1.29 is 23.8 Å². The molecule has 3 atom stereocenters. The summed E-state index contributed by atoms with van der Waals surface area (Å²) in [6, 6.07) is 0. The largest absolute Gasteiger partial charge is 0.469 e. The van der Waals surface area contributed by atoms with Gasteiger partial charge in [-0.05, 0) is 44.9 Å². The van der Waals surface area contributed by atoms with Crippen molar-refractivity contribution in [2.45, 2.75) is 70.5 Å². The van der Waals surface area contributed by atoms with Gasteiger partial charge in [0.05, 0.1) is 31.8 Å². The average molecular weight is 338 g/mol. The number of epoxide rings is 1. The van der Waals surface area contributed by atoms with Gasteiger partial charge in [0.25, 0.3) is 0 Å². The molecule has 5 nitrogen and oxygen atoms in total. The molecule has 1 saturated heterocycles. The molecule has 24 heavy (non-hydrogen) atoms. The summed E-state index contributed by atoms with van der Waals surface area (Å²) in [4.78, 5) is 22.1. The van der Waals surface area contributed by atoms with Crippen LogP contribution < -0.4 is 0 Å². The Hall–Kier alpha value is -1.36. The molecule has 5 heteroatoms. The highest BCUT2D eigenvalue weighted by Crippen LogP contribution is 2.39. The highest BCUT2D eigenvalue weighted by atomic mass is 16.6. The van der Waals surface area contributed by atoms with E-state index >= 15 is 0 Å². The number of rotatable bonds is 4. The minimum absolute atomic E-state index is 0.0704. The van der Waals surface area contributed by atoms with E-state index in [0.717, 1.165) is 19.3 Å². The Balaban J connectivity index is 0.000000175. The molecule has 0 N–H and O–H groups in total. The van der Waals surface area contributed by atoms with Gasteiger partial charge in [-0.2, -0.15) is 0 Å². The third-order valence-corrected chi connectivity index (χ3v) is 5.06. The van der Waals surface area contributed by atoms with Crippen LogP contribution in [0.4, 0.5) is 0 Å². The van der Waals surface area contributed by atoms with E-state index in [9.17, 15) is 9.59 Å². The quantitative estimate of drug-likeness (QED) is 0.446. The first-order valence-corrected chi connectivity index (χ1v) is 9.07. The lowest BCUT2D eigenvalue weighted by Crippen LogP contribution is -2.22. The van der Waals surface area contributed by atoms with Gasteiger partial charge in [-0.15, -0.1) is 0 Å². The molecular weight excluding hydrogens is 308 g/mol. The molecule has 0 aromatic heterocycles. The zero-order valence-electron chi connectivity index (χ0n) is 14.9. The molecule has 0 aromatic carbocycles. The molecule has 2 aliphatic carbocycles. The summed E-state index contributed by atoms with van der Waals surface area (Å²) in [6.07, 6.45) is 10.0. The smallest absolute Gasteiger partial charge is 0.333 e. The predicted molar refractivity (Wildman–Crippen MR) is 90.4 cm³/mol. The van der Waals surface area contributed by atoms with Gasteiger partial charge in [-0.3, -0.25) is 4.79 Å². The summed E-state index contributed by atoms with van der Waals surface area (Å²) < 4.78 is 15.1. The van der Waals surface area contributed by atoms with Crippen LogP contribution in [-0.4, -0.2) is 37.9 Å². The third kappa shape index (κ3) is 5.93. The highest BCUT2D eigenvalue weighted by Gasteiger charge is 2.45. The summed E-state index contributed by atoms with van der Waals surface area (Å²) in [5.74, 6) is 0.380. The fraction of sp³-hybridized carbons (Fsp3) is 0.789. The van der Waals surface area contributed by atoms with Crippen LogP contribution in [0.3, 0.4) is 0 Å². The third-order valence-electron chi connectivity index (χ3n) is 5.06. The Labute approximate surface area is 144 Å². The Bertz CT molecular complexity index is 453. The Kier molecular flexibility index (Phi) is 7.28. The molecule has 0 radical (unpaired) electrons. The number of hydrogen-bond acceptors (Lipinski definition) is 5. The molecule has 2 saturated carbocycles. The molecule has 1 heterocycles. The maximum absolute atomic E-state index is 11.1. The minimum atomic E-state index is -0.245. The van der Waals surface area contributed by atoms with Crippen LogP contribution in [-0.2, 0) is 23.8 Å². The number of carbonyl (C=O) groups excluding carboxylic acids is 2. The van der Waals surface area contributed by atoms with Crippen molar-refractivity contribution in [3.05, 3.63) is 12.2 Å². The van der Waals surface area contributed by atoms with Gasteiger partial charge in [0, 0.05) is 5.57 Å². The van der Waals surface area contributed by atoms with Gasteiger partial charge in [0.2, 0.25) is 0 Å². The second-order valence-electron chi connectivity index (χ2n) is 7.13. The summed E-state index contributed by atoms with van der Waals surface area (Å²) in [5, 5.41) is 0. The van der Waals surface area contributed by atoms with Crippen molar-refractivity contribution in [3.8, 4) is 0 Å². The molecule has 3 rings (SSSR count). The maximum atomic E-state index is 11.1. The van der Waals surface area contributed by atoms with E-state index < -0.39 is 0 Å². The van der Waals surface area contributed by atoms with Crippen molar-refractivity contribution in [2.75, 3.05) is 13.7 Å². The molecule has 136 valence electrons. The van der Waals surface area contributed by atoms with E-state index in [-0.39, 0.29) is 17.9 Å². The van der Waals surface area contributed by atoms with Gasteiger partial charge in [0.15, 0.2) is 0 Å². The van der Waals surface area contributed by atoms with Gasteiger partial charge in [0.1, 0.15) is 0 Å². The van der Waals surface area contributed by atoms with Crippen molar-refractivity contribution in [2.24, 2.45) is 11.8 Å². The van der Waals surface area contributed by atoms with E-state index in [2.05, 4.69) is 11.3 Å². The highest BCUT2D eigenvalue weighted by molar-refractivity contribution is 5.86. The Morgan fingerprint density at radius 1 is 1.08 bits per heavy atom. The topological polar surface area (TPSA) is 65.1 Å². The van der Waals surface area contributed by atoms with Gasteiger partial charge < -0.3 is 14.2 Å². The normalized spacial score (nSPS) is 28.7. The number of ether oxygens (including phenoxy) is 3. The van der Waals surface area contributed by atoms with Crippen molar-refractivity contribution in [1.29, 1.82) is 0 Å². The van der Waals surface area contributed by atoms with Crippen LogP contribution in [0.15, 0.2) is 12.2 Å². The zero-order chi connectivity index (χ0) is 17.5. The fourth-order valence-corrected chi connectivity index (χ4v) is 3.46. The van der Waals surface area contributed by atoms with Gasteiger partial charge in [-0.25, -0.2) is 4.79 Å². The molecular formula is C19H30O5. The van der Waals surface area contributed by atoms with Crippen LogP contribution in [0.2, 0.25) is 0 Å². The number of esters is 2. The van der Waals surface area contributed by atoms with Crippen molar-refractivity contribution in [1.82, 2.24) is 0 Å². The van der Waals surface area contributed by atoms with Crippen LogP contribution in [0, 0.1) is 11.8 Å². The van der Waals surface area contributed by atoms with E-state index in [1.54, 1.807) is 6.92 Å². The molecule has 1 aliphatic heterocycles. The summed E-state index contributed by atoms with van der Waals surface area (Å²) in [5.41, 5.74) is 0.496. The molecule has 3 unspecified atom stereocenters. The van der Waals surface area contributed by atoms with Crippen LogP contribution in [0.5, 0.6) is 0 Å². The standard InChI is InChI=1S/C11H18O2.C8H12O3/c1-9(2)11(12)13-8-10-6-4-3-5-7-10;1-10-8(9)5-2-3-6-7(4-5)11-6/h10H,1,3-8H2,2H3;5-7H,2-4H2,1H3. The lowest BCUT2D eigenvalue weighted by Gasteiger charge is -2.20. The first-order valence-electron chi connectivity index (χ1n) is 9.07. The van der Waals surface area contributed by atoms with Crippen molar-refractivity contribution in [3.63, 3.8) is 0 Å². The van der Waals surface area contributed by atoms with E-state index in [1.807, 2.05) is 0 Å². The second-order valence-corrected chi connectivity index (χ2v) is 7.13. The molecule has 3 fully saturated rings. The SMILES string of the molecule is C=C(C)C(=O)OCC1CCCCC1.COC(=O)C1CCC2OC2C1. The lowest BCUT2D eigenvalue weighted by atomic mass is 9.89. The summed E-state index contributed by atoms with van der Waals surface area (Å²) >= 11 is 0. The number of hydrogen-bond donors (Lipinski definition) is 0. The molecule has 0 spiro atoms. The predicted octanol–water partition coefficient (Wildman–Crippen LogP) is 3.41. The molecule has 3 aliphatic rings. The number of fused-ring (bicyclic) bond motifs is 1. The van der Waals surface area contributed by atoms with E-state index in [1.165, 1.54) is 39.2 Å². The van der Waals surface area contributed by atoms with Gasteiger partial charge >= 0.3 is 11.9 Å². The van der Waals surface area contributed by atoms with Crippen molar-refractivity contribution >= 4 is 11.9 Å².